The Labute approximate surface area is 112 Å². The lowest BCUT2D eigenvalue weighted by atomic mass is 9.94. The largest absolute Gasteiger partial charge is 0.300 e. The van der Waals surface area contributed by atoms with Crippen LogP contribution in [0, 0.1) is 11.7 Å². The Kier molecular flexibility index (Phi) is 4.36. The van der Waals surface area contributed by atoms with Gasteiger partial charge in [0.25, 0.3) is 0 Å². The van der Waals surface area contributed by atoms with Crippen LogP contribution in [-0.4, -0.2) is 23.8 Å². The van der Waals surface area contributed by atoms with Gasteiger partial charge in [-0.2, -0.15) is 0 Å². The van der Waals surface area contributed by atoms with Gasteiger partial charge in [-0.15, -0.1) is 0 Å². The smallest absolute Gasteiger partial charge is 0.141 e. The molecule has 0 amide bonds. The monoisotopic (exact) mass is 269 g/mol. The molecule has 98 valence electrons. The number of piperidine rings is 1. The molecule has 0 aliphatic carbocycles. The molecule has 0 bridgehead atoms. The zero-order valence-electron chi connectivity index (χ0n) is 10.5. The number of halogens is 2. The maximum atomic E-state index is 13.1. The Morgan fingerprint density at radius 1 is 1.56 bits per heavy atom. The Bertz CT molecular complexity index is 449. The van der Waals surface area contributed by atoms with Crippen LogP contribution in [0.15, 0.2) is 18.2 Å². The molecular formula is C14H17ClFNO. The van der Waals surface area contributed by atoms with E-state index in [0.29, 0.717) is 0 Å². The predicted molar refractivity (Wildman–Crippen MR) is 70.1 cm³/mol. The zero-order chi connectivity index (χ0) is 13.1. The number of carbonyl (C=O) groups is 1. The van der Waals surface area contributed by atoms with Gasteiger partial charge in [-0.05, 0) is 44.0 Å². The minimum absolute atomic E-state index is 0.148. The van der Waals surface area contributed by atoms with Crippen LogP contribution in [0.2, 0.25) is 5.02 Å². The van der Waals surface area contributed by atoms with E-state index in [0.717, 1.165) is 38.0 Å². The molecule has 2 nitrogen and oxygen atoms in total. The summed E-state index contributed by atoms with van der Waals surface area (Å²) < 4.78 is 13.1. The molecule has 1 saturated heterocycles. The fraction of sp³-hybridized carbons (Fsp3) is 0.500. The van der Waals surface area contributed by atoms with Gasteiger partial charge in [0.1, 0.15) is 11.6 Å². The summed E-state index contributed by atoms with van der Waals surface area (Å²) in [7, 11) is 0. The van der Waals surface area contributed by atoms with Crippen molar-refractivity contribution in [1.82, 2.24) is 4.90 Å². The van der Waals surface area contributed by atoms with E-state index in [4.69, 9.17) is 11.6 Å². The minimum Gasteiger partial charge on any atom is -0.300 e. The van der Waals surface area contributed by atoms with Crippen LogP contribution in [-0.2, 0) is 11.3 Å². The summed E-state index contributed by atoms with van der Waals surface area (Å²) in [5.74, 6) is 0.0205. The van der Waals surface area contributed by atoms with Crippen LogP contribution in [0.3, 0.4) is 0 Å². The highest BCUT2D eigenvalue weighted by atomic mass is 35.5. The summed E-state index contributed by atoms with van der Waals surface area (Å²) in [4.78, 5) is 13.6. The van der Waals surface area contributed by atoms with Crippen molar-refractivity contribution in [2.45, 2.75) is 26.3 Å². The molecule has 1 aromatic rings. The number of benzene rings is 1. The first-order valence-electron chi connectivity index (χ1n) is 6.23. The van der Waals surface area contributed by atoms with Crippen LogP contribution in [0.1, 0.15) is 25.3 Å². The average Bonchev–Trinajstić information content (AvgIpc) is 2.34. The normalized spacial score (nSPS) is 20.9. The molecule has 2 rings (SSSR count). The van der Waals surface area contributed by atoms with Crippen LogP contribution < -0.4 is 0 Å². The molecule has 1 heterocycles. The third kappa shape index (κ3) is 3.30. The van der Waals surface area contributed by atoms with E-state index >= 15 is 0 Å². The van der Waals surface area contributed by atoms with Crippen LogP contribution in [0.4, 0.5) is 4.39 Å². The second-order valence-electron chi connectivity index (χ2n) is 4.93. The van der Waals surface area contributed by atoms with E-state index in [1.54, 1.807) is 19.1 Å². The SMILES string of the molecule is CC(=O)C1CCCN(Cc2ccc(F)c(Cl)c2)C1. The number of hydrogen-bond donors (Lipinski definition) is 0. The van der Waals surface area contributed by atoms with Crippen molar-refractivity contribution in [3.63, 3.8) is 0 Å². The van der Waals surface area contributed by atoms with Gasteiger partial charge < -0.3 is 0 Å². The average molecular weight is 270 g/mol. The van der Waals surface area contributed by atoms with Gasteiger partial charge in [0.2, 0.25) is 0 Å². The number of carbonyl (C=O) groups excluding carboxylic acids is 1. The molecule has 1 aliphatic heterocycles. The van der Waals surface area contributed by atoms with Gasteiger partial charge in [0.15, 0.2) is 0 Å². The van der Waals surface area contributed by atoms with Crippen molar-refractivity contribution < 1.29 is 9.18 Å². The highest BCUT2D eigenvalue weighted by Crippen LogP contribution is 2.21. The molecule has 0 saturated carbocycles. The fourth-order valence-electron chi connectivity index (χ4n) is 2.43. The van der Waals surface area contributed by atoms with E-state index in [2.05, 4.69) is 4.90 Å². The Morgan fingerprint density at radius 2 is 2.33 bits per heavy atom. The summed E-state index contributed by atoms with van der Waals surface area (Å²) in [6.07, 6.45) is 2.02. The van der Waals surface area contributed by atoms with Gasteiger partial charge in [0, 0.05) is 19.0 Å². The lowest BCUT2D eigenvalue weighted by Gasteiger charge is -2.31. The quantitative estimate of drug-likeness (QED) is 0.839. The molecule has 0 aromatic heterocycles. The molecule has 0 radical (unpaired) electrons. The van der Waals surface area contributed by atoms with Crippen molar-refractivity contribution in [3.05, 3.63) is 34.6 Å². The van der Waals surface area contributed by atoms with Crippen molar-refractivity contribution in [2.24, 2.45) is 5.92 Å². The molecule has 0 N–H and O–H groups in total. The Morgan fingerprint density at radius 3 is 3.00 bits per heavy atom. The third-order valence-electron chi connectivity index (χ3n) is 3.47. The number of likely N-dealkylation sites (tertiary alicyclic amines) is 1. The van der Waals surface area contributed by atoms with Crippen LogP contribution >= 0.6 is 11.6 Å². The molecule has 18 heavy (non-hydrogen) atoms. The molecular weight excluding hydrogens is 253 g/mol. The van der Waals surface area contributed by atoms with Crippen molar-refractivity contribution in [1.29, 1.82) is 0 Å². The molecule has 4 heteroatoms. The van der Waals surface area contributed by atoms with Gasteiger partial charge in [0.05, 0.1) is 5.02 Å². The minimum atomic E-state index is -0.388. The Hall–Kier alpha value is -0.930. The van der Waals surface area contributed by atoms with Gasteiger partial charge in [-0.3, -0.25) is 9.69 Å². The van der Waals surface area contributed by atoms with E-state index in [-0.39, 0.29) is 22.5 Å². The highest BCUT2D eigenvalue weighted by molar-refractivity contribution is 6.30. The predicted octanol–water partition coefficient (Wildman–Crippen LogP) is 3.28. The Balaban J connectivity index is 2.00. The summed E-state index contributed by atoms with van der Waals surface area (Å²) in [6.45, 7) is 4.16. The highest BCUT2D eigenvalue weighted by Gasteiger charge is 2.23. The number of hydrogen-bond acceptors (Lipinski definition) is 2. The first kappa shape index (κ1) is 13.5. The van der Waals surface area contributed by atoms with E-state index in [1.807, 2.05) is 0 Å². The summed E-state index contributed by atoms with van der Waals surface area (Å²) in [5, 5.41) is 0.160. The summed E-state index contributed by atoms with van der Waals surface area (Å²) >= 11 is 5.76. The van der Waals surface area contributed by atoms with E-state index in [1.165, 1.54) is 6.07 Å². The van der Waals surface area contributed by atoms with Crippen LogP contribution in [0.25, 0.3) is 0 Å². The first-order valence-corrected chi connectivity index (χ1v) is 6.61. The molecule has 1 aromatic carbocycles. The van der Waals surface area contributed by atoms with Crippen molar-refractivity contribution >= 4 is 17.4 Å². The lowest BCUT2D eigenvalue weighted by Crippen LogP contribution is -2.37. The molecule has 1 fully saturated rings. The van der Waals surface area contributed by atoms with Crippen molar-refractivity contribution in [3.8, 4) is 0 Å². The van der Waals surface area contributed by atoms with Gasteiger partial charge in [-0.1, -0.05) is 17.7 Å². The topological polar surface area (TPSA) is 20.3 Å². The van der Waals surface area contributed by atoms with Gasteiger partial charge in [-0.25, -0.2) is 4.39 Å². The maximum Gasteiger partial charge on any atom is 0.141 e. The summed E-state index contributed by atoms with van der Waals surface area (Å²) in [5.41, 5.74) is 0.991. The second kappa shape index (κ2) is 5.81. The molecule has 0 spiro atoms. The fourth-order valence-corrected chi connectivity index (χ4v) is 2.63. The van der Waals surface area contributed by atoms with E-state index < -0.39 is 0 Å². The van der Waals surface area contributed by atoms with Crippen molar-refractivity contribution in [2.75, 3.05) is 13.1 Å². The molecule has 1 aliphatic rings. The lowest BCUT2D eigenvalue weighted by molar-refractivity contribution is -0.122. The van der Waals surface area contributed by atoms with E-state index in [9.17, 15) is 9.18 Å². The number of ketones is 1. The first-order chi connectivity index (χ1) is 8.56. The standard InChI is InChI=1S/C14H17ClFNO/c1-10(18)12-3-2-6-17(9-12)8-11-4-5-14(16)13(15)7-11/h4-5,7,12H,2-3,6,8-9H2,1H3. The van der Waals surface area contributed by atoms with Crippen LogP contribution in [0.5, 0.6) is 0 Å². The number of Topliss-reactive ketones (excluding diaryl/α,β-unsaturated/α-hetero) is 1. The number of rotatable bonds is 3. The third-order valence-corrected chi connectivity index (χ3v) is 3.76. The zero-order valence-corrected chi connectivity index (χ0v) is 11.2. The molecule has 1 unspecified atom stereocenters. The second-order valence-corrected chi connectivity index (χ2v) is 5.34. The maximum absolute atomic E-state index is 13.1. The van der Waals surface area contributed by atoms with Gasteiger partial charge >= 0.3 is 0 Å². The molecule has 1 atom stereocenters. The summed E-state index contributed by atoms with van der Waals surface area (Å²) in [6, 6.07) is 4.80. The number of nitrogens with zero attached hydrogens (tertiary/aromatic N) is 1.